The third-order valence-electron chi connectivity index (χ3n) is 4.22. The molecule has 2 aliphatic heterocycles. The molecule has 2 N–H and O–H groups in total. The number of nitrogens with one attached hydrogen (secondary N) is 1. The van der Waals surface area contributed by atoms with Crippen LogP contribution in [-0.4, -0.2) is 70.7 Å². The molecule has 2 unspecified atom stereocenters. The second-order valence-electron chi connectivity index (χ2n) is 5.81. The number of aliphatic hydroxyl groups is 1. The van der Waals surface area contributed by atoms with E-state index in [1.54, 1.807) is 6.20 Å². The van der Waals surface area contributed by atoms with E-state index in [2.05, 4.69) is 21.3 Å². The number of aliphatic hydroxyl groups excluding tert-OH is 1. The first-order valence-electron chi connectivity index (χ1n) is 7.54. The fourth-order valence-electron chi connectivity index (χ4n) is 3.00. The molecule has 0 bridgehead atoms. The number of piperazine rings is 1. The maximum atomic E-state index is 12.3. The second kappa shape index (κ2) is 6.51. The molecule has 3 rings (SSSR count). The zero-order chi connectivity index (χ0) is 14.7. The first kappa shape index (κ1) is 14.4. The van der Waals surface area contributed by atoms with Crippen LogP contribution in [0.15, 0.2) is 24.5 Å². The fraction of sp³-hybridized carbons (Fsp3) is 0.600. The highest BCUT2D eigenvalue weighted by Crippen LogP contribution is 2.13. The number of carbonyl (C=O) groups is 1. The lowest BCUT2D eigenvalue weighted by atomic mass is 10.1. The highest BCUT2D eigenvalue weighted by Gasteiger charge is 2.32. The summed E-state index contributed by atoms with van der Waals surface area (Å²) in [7, 11) is 0. The molecule has 0 aromatic carbocycles. The van der Waals surface area contributed by atoms with Gasteiger partial charge in [0.1, 0.15) is 0 Å². The molecule has 2 atom stereocenters. The molecule has 0 spiro atoms. The summed E-state index contributed by atoms with van der Waals surface area (Å²) < 4.78 is 0. The number of β-amino-alcohol motifs (C(OH)–C–C–N with tert-alkyl or cyclic N) is 1. The van der Waals surface area contributed by atoms with Crippen LogP contribution < -0.4 is 5.32 Å². The minimum atomic E-state index is -0.384. The normalized spacial score (nSPS) is 27.0. The predicted octanol–water partition coefficient (Wildman–Crippen LogP) is -0.551. The monoisotopic (exact) mass is 290 g/mol. The summed E-state index contributed by atoms with van der Waals surface area (Å²) in [5.74, 6) is 0.132. The standard InChI is InChI=1S/C15H22N4O2/c20-13-8-14(17-10-13)15(21)19-6-4-18(5-7-19)11-12-2-1-3-16-9-12/h1-3,9,13-14,17,20H,4-8,10-11H2. The largest absolute Gasteiger partial charge is 0.392 e. The number of hydrogen-bond acceptors (Lipinski definition) is 5. The van der Waals surface area contributed by atoms with Gasteiger partial charge in [0.15, 0.2) is 0 Å². The Morgan fingerprint density at radius 2 is 2.19 bits per heavy atom. The highest BCUT2D eigenvalue weighted by atomic mass is 16.3. The van der Waals surface area contributed by atoms with Crippen molar-refractivity contribution in [1.82, 2.24) is 20.1 Å². The van der Waals surface area contributed by atoms with Gasteiger partial charge in [0, 0.05) is 51.7 Å². The summed E-state index contributed by atoms with van der Waals surface area (Å²) in [6, 6.07) is 3.82. The van der Waals surface area contributed by atoms with Crippen molar-refractivity contribution in [2.24, 2.45) is 0 Å². The third-order valence-corrected chi connectivity index (χ3v) is 4.22. The van der Waals surface area contributed by atoms with Crippen LogP contribution in [-0.2, 0) is 11.3 Å². The first-order valence-corrected chi connectivity index (χ1v) is 7.54. The average Bonchev–Trinajstić information content (AvgIpc) is 2.95. The van der Waals surface area contributed by atoms with Crippen molar-refractivity contribution in [2.75, 3.05) is 32.7 Å². The number of carbonyl (C=O) groups excluding carboxylic acids is 1. The molecule has 1 aromatic rings. The molecule has 6 nitrogen and oxygen atoms in total. The molecule has 0 radical (unpaired) electrons. The molecule has 2 saturated heterocycles. The van der Waals surface area contributed by atoms with Crippen molar-refractivity contribution in [3.8, 4) is 0 Å². The first-order chi connectivity index (χ1) is 10.2. The Morgan fingerprint density at radius 1 is 1.38 bits per heavy atom. The summed E-state index contributed by atoms with van der Waals surface area (Å²) >= 11 is 0. The van der Waals surface area contributed by atoms with Gasteiger partial charge >= 0.3 is 0 Å². The zero-order valence-electron chi connectivity index (χ0n) is 12.1. The number of pyridine rings is 1. The van der Waals surface area contributed by atoms with E-state index in [1.165, 1.54) is 5.56 Å². The predicted molar refractivity (Wildman–Crippen MR) is 78.5 cm³/mol. The molecule has 0 saturated carbocycles. The van der Waals surface area contributed by atoms with Gasteiger partial charge < -0.3 is 15.3 Å². The van der Waals surface area contributed by atoms with E-state index in [9.17, 15) is 9.90 Å². The average molecular weight is 290 g/mol. The highest BCUT2D eigenvalue weighted by molar-refractivity contribution is 5.82. The van der Waals surface area contributed by atoms with Crippen LogP contribution in [0.4, 0.5) is 0 Å². The van der Waals surface area contributed by atoms with Gasteiger partial charge in [-0.15, -0.1) is 0 Å². The Kier molecular flexibility index (Phi) is 4.48. The lowest BCUT2D eigenvalue weighted by molar-refractivity contribution is -0.135. The molecule has 114 valence electrons. The van der Waals surface area contributed by atoms with Crippen molar-refractivity contribution in [1.29, 1.82) is 0 Å². The van der Waals surface area contributed by atoms with E-state index >= 15 is 0 Å². The van der Waals surface area contributed by atoms with Gasteiger partial charge in [-0.3, -0.25) is 14.7 Å². The smallest absolute Gasteiger partial charge is 0.239 e. The van der Waals surface area contributed by atoms with Crippen LogP contribution >= 0.6 is 0 Å². The van der Waals surface area contributed by atoms with E-state index in [0.29, 0.717) is 13.0 Å². The Bertz CT molecular complexity index is 474. The van der Waals surface area contributed by atoms with Crippen LogP contribution in [0.1, 0.15) is 12.0 Å². The number of amides is 1. The van der Waals surface area contributed by atoms with Crippen LogP contribution in [0.5, 0.6) is 0 Å². The third kappa shape index (κ3) is 3.58. The van der Waals surface area contributed by atoms with E-state index in [1.807, 2.05) is 17.2 Å². The van der Waals surface area contributed by atoms with E-state index in [-0.39, 0.29) is 18.1 Å². The summed E-state index contributed by atoms with van der Waals surface area (Å²) in [5.41, 5.74) is 1.21. The molecule has 21 heavy (non-hydrogen) atoms. The topological polar surface area (TPSA) is 68.7 Å². The van der Waals surface area contributed by atoms with Gasteiger partial charge in [-0.25, -0.2) is 0 Å². The number of nitrogens with zero attached hydrogens (tertiary/aromatic N) is 3. The second-order valence-corrected chi connectivity index (χ2v) is 5.81. The summed E-state index contributed by atoms with van der Waals surface area (Å²) in [5, 5.41) is 12.6. The zero-order valence-corrected chi connectivity index (χ0v) is 12.1. The Labute approximate surface area is 124 Å². The van der Waals surface area contributed by atoms with Crippen LogP contribution in [0.2, 0.25) is 0 Å². The van der Waals surface area contributed by atoms with Crippen LogP contribution in [0.25, 0.3) is 0 Å². The summed E-state index contributed by atoms with van der Waals surface area (Å²) in [6.45, 7) is 4.69. The van der Waals surface area contributed by atoms with E-state index < -0.39 is 0 Å². The quantitative estimate of drug-likeness (QED) is 0.782. The Balaban J connectivity index is 1.47. The SMILES string of the molecule is O=C(C1CC(O)CN1)N1CCN(Cc2cccnc2)CC1. The molecule has 2 aliphatic rings. The van der Waals surface area contributed by atoms with Gasteiger partial charge in [0.05, 0.1) is 12.1 Å². The van der Waals surface area contributed by atoms with Gasteiger partial charge in [0.25, 0.3) is 0 Å². The minimum absolute atomic E-state index is 0.132. The van der Waals surface area contributed by atoms with Crippen molar-refractivity contribution in [3.63, 3.8) is 0 Å². The maximum absolute atomic E-state index is 12.3. The van der Waals surface area contributed by atoms with Crippen LogP contribution in [0, 0.1) is 0 Å². The van der Waals surface area contributed by atoms with Crippen molar-refractivity contribution in [2.45, 2.75) is 25.1 Å². The van der Waals surface area contributed by atoms with E-state index in [4.69, 9.17) is 0 Å². The number of hydrogen-bond donors (Lipinski definition) is 2. The molecular formula is C15H22N4O2. The molecule has 1 amide bonds. The van der Waals surface area contributed by atoms with Gasteiger partial charge in [-0.2, -0.15) is 0 Å². The molecular weight excluding hydrogens is 268 g/mol. The fourth-order valence-corrected chi connectivity index (χ4v) is 3.00. The maximum Gasteiger partial charge on any atom is 0.239 e. The molecule has 3 heterocycles. The van der Waals surface area contributed by atoms with Crippen molar-refractivity contribution in [3.05, 3.63) is 30.1 Å². The Hall–Kier alpha value is -1.50. The van der Waals surface area contributed by atoms with Crippen LogP contribution in [0.3, 0.4) is 0 Å². The summed E-state index contributed by atoms with van der Waals surface area (Å²) in [6.07, 6.45) is 3.82. The number of rotatable bonds is 3. The number of aromatic nitrogens is 1. The molecule has 1 aromatic heterocycles. The van der Waals surface area contributed by atoms with Gasteiger partial charge in [-0.05, 0) is 18.1 Å². The van der Waals surface area contributed by atoms with Crippen molar-refractivity contribution >= 4 is 5.91 Å². The molecule has 2 fully saturated rings. The lowest BCUT2D eigenvalue weighted by Crippen LogP contribution is -2.52. The van der Waals surface area contributed by atoms with Gasteiger partial charge in [-0.1, -0.05) is 6.07 Å². The minimum Gasteiger partial charge on any atom is -0.392 e. The van der Waals surface area contributed by atoms with E-state index in [0.717, 1.165) is 32.7 Å². The van der Waals surface area contributed by atoms with Gasteiger partial charge in [0.2, 0.25) is 5.91 Å². The Morgan fingerprint density at radius 3 is 2.81 bits per heavy atom. The molecule has 6 heteroatoms. The summed E-state index contributed by atoms with van der Waals surface area (Å²) in [4.78, 5) is 20.7. The van der Waals surface area contributed by atoms with Crippen molar-refractivity contribution < 1.29 is 9.90 Å². The lowest BCUT2D eigenvalue weighted by Gasteiger charge is -2.35. The molecule has 0 aliphatic carbocycles.